The second kappa shape index (κ2) is 14.0. The first-order chi connectivity index (χ1) is 9.56. The molecule has 122 valence electrons. The molecule has 0 aliphatic rings. The van der Waals surface area contributed by atoms with Gasteiger partial charge in [0.05, 0.1) is 0 Å². The Balaban J connectivity index is 2.99. The van der Waals surface area contributed by atoms with Gasteiger partial charge in [0.25, 0.3) is 0 Å². The maximum atomic E-state index is 2.36. The Labute approximate surface area is 130 Å². The number of rotatable bonds is 14. The van der Waals surface area contributed by atoms with E-state index < -0.39 is 0 Å². The van der Waals surface area contributed by atoms with Gasteiger partial charge in [0, 0.05) is 0 Å². The van der Waals surface area contributed by atoms with Crippen molar-refractivity contribution >= 4 is 0 Å². The van der Waals surface area contributed by atoms with Crippen molar-refractivity contribution in [1.29, 1.82) is 0 Å². The van der Waals surface area contributed by atoms with Gasteiger partial charge in [0.2, 0.25) is 0 Å². The summed E-state index contributed by atoms with van der Waals surface area (Å²) in [6, 6.07) is 0. The highest BCUT2D eigenvalue weighted by molar-refractivity contribution is 4.61. The summed E-state index contributed by atoms with van der Waals surface area (Å²) in [6.07, 6.45) is 21.8. The summed E-state index contributed by atoms with van der Waals surface area (Å²) in [5.74, 6) is 0. The molecular formula is C20H42. The lowest BCUT2D eigenvalue weighted by molar-refractivity contribution is 0.356. The summed E-state index contributed by atoms with van der Waals surface area (Å²) in [5, 5.41) is 0. The van der Waals surface area contributed by atoms with Gasteiger partial charge in [-0.3, -0.25) is 0 Å². The van der Waals surface area contributed by atoms with Gasteiger partial charge in [-0.05, 0) is 11.8 Å². The van der Waals surface area contributed by atoms with Gasteiger partial charge in [-0.25, -0.2) is 0 Å². The van der Waals surface area contributed by atoms with Crippen molar-refractivity contribution in [1.82, 2.24) is 0 Å². The lowest BCUT2D eigenvalue weighted by Crippen LogP contribution is -2.03. The third-order valence-corrected chi connectivity index (χ3v) is 4.28. The van der Waals surface area contributed by atoms with Crippen LogP contribution in [-0.2, 0) is 0 Å². The lowest BCUT2D eigenvalue weighted by atomic mass is 9.89. The highest BCUT2D eigenvalue weighted by Gasteiger charge is 2.08. The van der Waals surface area contributed by atoms with E-state index in [-0.39, 0.29) is 0 Å². The van der Waals surface area contributed by atoms with Crippen molar-refractivity contribution in [3.63, 3.8) is 0 Å². The van der Waals surface area contributed by atoms with Gasteiger partial charge >= 0.3 is 0 Å². The van der Waals surface area contributed by atoms with Gasteiger partial charge in [-0.15, -0.1) is 0 Å². The molecule has 0 spiro atoms. The third-order valence-electron chi connectivity index (χ3n) is 4.28. The van der Waals surface area contributed by atoms with Gasteiger partial charge < -0.3 is 0 Å². The summed E-state index contributed by atoms with van der Waals surface area (Å²) in [7, 11) is 0. The van der Waals surface area contributed by atoms with E-state index in [1.807, 2.05) is 0 Å². The molecule has 20 heavy (non-hydrogen) atoms. The van der Waals surface area contributed by atoms with E-state index in [1.54, 1.807) is 0 Å². The summed E-state index contributed by atoms with van der Waals surface area (Å²) in [6.45, 7) is 9.36. The van der Waals surface area contributed by atoms with Crippen molar-refractivity contribution in [2.75, 3.05) is 0 Å². The Hall–Kier alpha value is 0. The molecule has 0 N–H and O–H groups in total. The van der Waals surface area contributed by atoms with Crippen LogP contribution >= 0.6 is 0 Å². The van der Waals surface area contributed by atoms with E-state index in [0.717, 1.165) is 0 Å². The van der Waals surface area contributed by atoms with E-state index in [0.29, 0.717) is 5.41 Å². The average molecular weight is 283 g/mol. The molecule has 0 fully saturated rings. The molecule has 0 amide bonds. The SMILES string of the molecule is CCCCCCCCCCCCCCCCC(C)(C)C. The average Bonchev–Trinajstić information content (AvgIpc) is 2.38. The third kappa shape index (κ3) is 18.0. The molecule has 0 nitrogen and oxygen atoms in total. The molecule has 0 bridgehead atoms. The maximum absolute atomic E-state index is 2.36. The first-order valence-corrected chi connectivity index (χ1v) is 9.56. The van der Waals surface area contributed by atoms with Gasteiger partial charge in [-0.1, -0.05) is 118 Å². The summed E-state index contributed by atoms with van der Waals surface area (Å²) in [4.78, 5) is 0. The maximum Gasteiger partial charge on any atom is -0.0383 e. The minimum Gasteiger partial charge on any atom is -0.0654 e. The van der Waals surface area contributed by atoms with E-state index in [9.17, 15) is 0 Å². The van der Waals surface area contributed by atoms with Crippen LogP contribution in [0.4, 0.5) is 0 Å². The fourth-order valence-corrected chi connectivity index (χ4v) is 2.85. The molecule has 0 rings (SSSR count). The zero-order valence-electron chi connectivity index (χ0n) is 15.1. The molecule has 0 heteroatoms. The van der Waals surface area contributed by atoms with Crippen molar-refractivity contribution in [2.24, 2.45) is 5.41 Å². The first-order valence-electron chi connectivity index (χ1n) is 9.56. The van der Waals surface area contributed by atoms with Crippen LogP contribution in [0, 0.1) is 5.41 Å². The largest absolute Gasteiger partial charge is 0.0654 e. The van der Waals surface area contributed by atoms with Crippen LogP contribution in [0.2, 0.25) is 0 Å². The Morgan fingerprint density at radius 1 is 0.450 bits per heavy atom. The Kier molecular flexibility index (Phi) is 14.0. The molecule has 0 saturated heterocycles. The zero-order chi connectivity index (χ0) is 15.1. The minimum absolute atomic E-state index is 0.539. The number of unbranched alkanes of at least 4 members (excludes halogenated alkanes) is 13. The molecule has 0 aromatic heterocycles. The molecule has 0 aromatic carbocycles. The van der Waals surface area contributed by atoms with Crippen LogP contribution < -0.4 is 0 Å². The molecule has 0 atom stereocenters. The predicted octanol–water partition coefficient (Wildman–Crippen LogP) is 7.90. The predicted molar refractivity (Wildman–Crippen MR) is 94.4 cm³/mol. The fraction of sp³-hybridized carbons (Fsp3) is 1.00. The second-order valence-electron chi connectivity index (χ2n) is 7.91. The minimum atomic E-state index is 0.539. The van der Waals surface area contributed by atoms with Crippen LogP contribution in [0.5, 0.6) is 0 Å². The lowest BCUT2D eigenvalue weighted by Gasteiger charge is -2.17. The topological polar surface area (TPSA) is 0 Å². The first kappa shape index (κ1) is 20.0. The van der Waals surface area contributed by atoms with Crippen LogP contribution in [0.1, 0.15) is 124 Å². The van der Waals surface area contributed by atoms with Crippen LogP contribution in [0.15, 0.2) is 0 Å². The molecule has 0 radical (unpaired) electrons. The van der Waals surface area contributed by atoms with Crippen LogP contribution in [0.3, 0.4) is 0 Å². The van der Waals surface area contributed by atoms with Gasteiger partial charge in [0.1, 0.15) is 0 Å². The van der Waals surface area contributed by atoms with Gasteiger partial charge in [-0.2, -0.15) is 0 Å². The fourth-order valence-electron chi connectivity index (χ4n) is 2.85. The Bertz CT molecular complexity index is 175. The monoisotopic (exact) mass is 282 g/mol. The molecule has 0 unspecified atom stereocenters. The van der Waals surface area contributed by atoms with Crippen LogP contribution in [-0.4, -0.2) is 0 Å². The van der Waals surface area contributed by atoms with Crippen molar-refractivity contribution < 1.29 is 0 Å². The van der Waals surface area contributed by atoms with E-state index in [2.05, 4.69) is 27.7 Å². The second-order valence-corrected chi connectivity index (χ2v) is 7.91. The number of hydrogen-bond donors (Lipinski definition) is 0. The Morgan fingerprint density at radius 3 is 1.05 bits per heavy atom. The van der Waals surface area contributed by atoms with Crippen LogP contribution in [0.25, 0.3) is 0 Å². The van der Waals surface area contributed by atoms with Crippen molar-refractivity contribution in [3.05, 3.63) is 0 Å². The summed E-state index contributed by atoms with van der Waals surface area (Å²) < 4.78 is 0. The van der Waals surface area contributed by atoms with E-state index in [1.165, 1.54) is 96.3 Å². The molecule has 0 aliphatic carbocycles. The summed E-state index contributed by atoms with van der Waals surface area (Å²) >= 11 is 0. The van der Waals surface area contributed by atoms with Gasteiger partial charge in [0.15, 0.2) is 0 Å². The number of hydrogen-bond acceptors (Lipinski definition) is 0. The van der Waals surface area contributed by atoms with E-state index in [4.69, 9.17) is 0 Å². The zero-order valence-corrected chi connectivity index (χ0v) is 15.1. The van der Waals surface area contributed by atoms with Crippen molar-refractivity contribution in [3.8, 4) is 0 Å². The Morgan fingerprint density at radius 2 is 0.750 bits per heavy atom. The highest BCUT2D eigenvalue weighted by Crippen LogP contribution is 2.22. The standard InChI is InChI=1S/C20H42/c1-5-6-7-8-9-10-11-12-13-14-15-16-17-18-19-20(2,3)4/h5-19H2,1-4H3. The molecule has 0 aliphatic heterocycles. The molecule has 0 saturated carbocycles. The molecular weight excluding hydrogens is 240 g/mol. The quantitative estimate of drug-likeness (QED) is 0.284. The summed E-state index contributed by atoms with van der Waals surface area (Å²) in [5.41, 5.74) is 0.539. The van der Waals surface area contributed by atoms with Crippen molar-refractivity contribution in [2.45, 2.75) is 124 Å². The smallest absolute Gasteiger partial charge is 0.0383 e. The van der Waals surface area contributed by atoms with E-state index >= 15 is 0 Å². The highest BCUT2D eigenvalue weighted by atomic mass is 14.1. The normalized spacial score (nSPS) is 12.0. The molecule has 0 heterocycles. The molecule has 0 aromatic rings.